The molecule has 4 heteroatoms. The summed E-state index contributed by atoms with van der Waals surface area (Å²) in [5.41, 5.74) is 1.56. The van der Waals surface area contributed by atoms with E-state index in [0.717, 1.165) is 18.3 Å². The molecule has 1 aromatic rings. The smallest absolute Gasteiger partial charge is 0.183 e. The first kappa shape index (κ1) is 11.9. The van der Waals surface area contributed by atoms with Crippen molar-refractivity contribution < 1.29 is 4.74 Å². The van der Waals surface area contributed by atoms with Gasteiger partial charge in [-0.2, -0.15) is 0 Å². The van der Waals surface area contributed by atoms with E-state index >= 15 is 0 Å². The van der Waals surface area contributed by atoms with Crippen LogP contribution in [0.2, 0.25) is 0 Å². The fourth-order valence-electron chi connectivity index (χ4n) is 2.19. The van der Waals surface area contributed by atoms with Crippen LogP contribution in [0.5, 0.6) is 0 Å². The van der Waals surface area contributed by atoms with E-state index in [-0.39, 0.29) is 5.41 Å². The zero-order valence-electron chi connectivity index (χ0n) is 10.3. The molecule has 1 heterocycles. The number of nitrogens with one attached hydrogen (secondary N) is 1. The lowest BCUT2D eigenvalue weighted by molar-refractivity contribution is 0.211. The Morgan fingerprint density at radius 1 is 1.50 bits per heavy atom. The molecule has 0 bridgehead atoms. The van der Waals surface area contributed by atoms with Crippen LogP contribution in [-0.4, -0.2) is 25.2 Å². The highest BCUT2D eigenvalue weighted by Gasteiger charge is 2.30. The second kappa shape index (κ2) is 4.72. The van der Waals surface area contributed by atoms with Crippen LogP contribution in [0.1, 0.15) is 37.3 Å². The molecule has 0 fully saturated rings. The van der Waals surface area contributed by atoms with Gasteiger partial charge in [0.2, 0.25) is 0 Å². The molecule has 0 unspecified atom stereocenters. The van der Waals surface area contributed by atoms with E-state index in [0.29, 0.717) is 0 Å². The molecule has 16 heavy (non-hydrogen) atoms. The second-order valence-corrected chi connectivity index (χ2v) is 6.03. The summed E-state index contributed by atoms with van der Waals surface area (Å²) in [5.74, 6) is 0. The van der Waals surface area contributed by atoms with Gasteiger partial charge in [-0.3, -0.25) is 0 Å². The molecule has 0 atom stereocenters. The topological polar surface area (TPSA) is 34.1 Å². The molecule has 0 saturated carbocycles. The number of nitrogens with zero attached hydrogens (tertiary/aromatic N) is 1. The van der Waals surface area contributed by atoms with Crippen molar-refractivity contribution in [3.63, 3.8) is 0 Å². The third-order valence-electron chi connectivity index (χ3n) is 3.13. The first-order valence-electron chi connectivity index (χ1n) is 5.86. The highest BCUT2D eigenvalue weighted by molar-refractivity contribution is 7.15. The van der Waals surface area contributed by atoms with E-state index in [9.17, 15) is 0 Å². The Hall–Kier alpha value is -0.610. The standard InChI is InChI=1S/C12H20N2OS/c1-12(2)6-4-5-9-10(12)14-11(16-9)13-7-8-15-3/h4-8H2,1-3H3,(H,13,14). The summed E-state index contributed by atoms with van der Waals surface area (Å²) in [4.78, 5) is 6.20. The van der Waals surface area contributed by atoms with Gasteiger partial charge in [-0.15, -0.1) is 11.3 Å². The minimum atomic E-state index is 0.255. The molecule has 1 N–H and O–H groups in total. The maximum Gasteiger partial charge on any atom is 0.183 e. The van der Waals surface area contributed by atoms with Gasteiger partial charge in [-0.1, -0.05) is 13.8 Å². The van der Waals surface area contributed by atoms with Crippen LogP contribution in [0.4, 0.5) is 5.13 Å². The number of rotatable bonds is 4. The summed E-state index contributed by atoms with van der Waals surface area (Å²) >= 11 is 1.81. The van der Waals surface area contributed by atoms with Crippen LogP contribution in [0, 0.1) is 0 Å². The molecular formula is C12H20N2OS. The van der Waals surface area contributed by atoms with Crippen molar-refractivity contribution >= 4 is 16.5 Å². The van der Waals surface area contributed by atoms with E-state index in [1.165, 1.54) is 29.8 Å². The predicted octanol–water partition coefficient (Wildman–Crippen LogP) is 2.82. The minimum Gasteiger partial charge on any atom is -0.383 e. The van der Waals surface area contributed by atoms with Gasteiger partial charge in [-0.25, -0.2) is 4.98 Å². The fourth-order valence-corrected chi connectivity index (χ4v) is 3.40. The van der Waals surface area contributed by atoms with Crippen molar-refractivity contribution in [2.24, 2.45) is 0 Å². The maximum absolute atomic E-state index is 5.02. The molecule has 1 aromatic heterocycles. The molecule has 2 rings (SSSR count). The normalized spacial score (nSPS) is 18.2. The molecule has 0 aromatic carbocycles. The number of fused-ring (bicyclic) bond motifs is 1. The van der Waals surface area contributed by atoms with Crippen molar-refractivity contribution in [3.8, 4) is 0 Å². The summed E-state index contributed by atoms with van der Waals surface area (Å²) in [6, 6.07) is 0. The van der Waals surface area contributed by atoms with Crippen LogP contribution in [0.3, 0.4) is 0 Å². The summed E-state index contributed by atoms with van der Waals surface area (Å²) in [6.07, 6.45) is 3.74. The third-order valence-corrected chi connectivity index (χ3v) is 4.20. The van der Waals surface area contributed by atoms with Gasteiger partial charge in [0.1, 0.15) is 0 Å². The summed E-state index contributed by atoms with van der Waals surface area (Å²) in [6.45, 7) is 6.16. The fraction of sp³-hybridized carbons (Fsp3) is 0.750. The third kappa shape index (κ3) is 2.38. The Morgan fingerprint density at radius 2 is 2.31 bits per heavy atom. The first-order valence-corrected chi connectivity index (χ1v) is 6.68. The van der Waals surface area contributed by atoms with E-state index < -0.39 is 0 Å². The van der Waals surface area contributed by atoms with Crippen LogP contribution in [-0.2, 0) is 16.6 Å². The number of methoxy groups -OCH3 is 1. The molecule has 0 saturated heterocycles. The lowest BCUT2D eigenvalue weighted by atomic mass is 9.79. The Morgan fingerprint density at radius 3 is 3.00 bits per heavy atom. The van der Waals surface area contributed by atoms with Crippen molar-refractivity contribution in [1.82, 2.24) is 4.98 Å². The predicted molar refractivity (Wildman–Crippen MR) is 68.4 cm³/mol. The number of ether oxygens (including phenoxy) is 1. The molecule has 0 spiro atoms. The lowest BCUT2D eigenvalue weighted by Crippen LogP contribution is -2.23. The van der Waals surface area contributed by atoms with Crippen LogP contribution in [0.15, 0.2) is 0 Å². The van der Waals surface area contributed by atoms with Gasteiger partial charge in [0.05, 0.1) is 12.3 Å². The molecule has 0 radical (unpaired) electrons. The number of hydrogen-bond acceptors (Lipinski definition) is 4. The monoisotopic (exact) mass is 240 g/mol. The van der Waals surface area contributed by atoms with Gasteiger partial charge >= 0.3 is 0 Å². The summed E-state index contributed by atoms with van der Waals surface area (Å²) in [7, 11) is 1.72. The van der Waals surface area contributed by atoms with Gasteiger partial charge in [0, 0.05) is 23.9 Å². The van der Waals surface area contributed by atoms with Crippen molar-refractivity contribution in [2.45, 2.75) is 38.5 Å². The van der Waals surface area contributed by atoms with Gasteiger partial charge in [-0.05, 0) is 19.3 Å². The Kier molecular flexibility index (Phi) is 3.50. The van der Waals surface area contributed by atoms with E-state index in [1.807, 2.05) is 11.3 Å². The van der Waals surface area contributed by atoms with E-state index in [2.05, 4.69) is 19.2 Å². The average molecular weight is 240 g/mol. The van der Waals surface area contributed by atoms with Crippen LogP contribution < -0.4 is 5.32 Å². The SMILES string of the molecule is COCCNc1nc2c(s1)CCCC2(C)C. The molecule has 0 amide bonds. The number of aryl methyl sites for hydroxylation is 1. The average Bonchev–Trinajstić information content (AvgIpc) is 2.62. The van der Waals surface area contributed by atoms with Gasteiger partial charge < -0.3 is 10.1 Å². The number of thiazole rings is 1. The highest BCUT2D eigenvalue weighted by atomic mass is 32.1. The van der Waals surface area contributed by atoms with Gasteiger partial charge in [0.15, 0.2) is 5.13 Å². The summed E-state index contributed by atoms with van der Waals surface area (Å²) < 4.78 is 5.02. The first-order chi connectivity index (χ1) is 7.63. The van der Waals surface area contributed by atoms with Crippen molar-refractivity contribution in [2.75, 3.05) is 25.6 Å². The minimum absolute atomic E-state index is 0.255. The summed E-state index contributed by atoms with van der Waals surface area (Å²) in [5, 5.41) is 4.38. The lowest BCUT2D eigenvalue weighted by Gasteiger charge is -2.27. The van der Waals surface area contributed by atoms with Crippen LogP contribution >= 0.6 is 11.3 Å². The molecule has 1 aliphatic rings. The quantitative estimate of drug-likeness (QED) is 0.822. The van der Waals surface area contributed by atoms with Gasteiger partial charge in [0.25, 0.3) is 0 Å². The van der Waals surface area contributed by atoms with E-state index in [4.69, 9.17) is 9.72 Å². The Bertz CT molecular complexity index is 360. The van der Waals surface area contributed by atoms with E-state index in [1.54, 1.807) is 7.11 Å². The molecule has 3 nitrogen and oxygen atoms in total. The Balaban J connectivity index is 2.10. The van der Waals surface area contributed by atoms with Crippen molar-refractivity contribution in [3.05, 3.63) is 10.6 Å². The zero-order chi connectivity index (χ0) is 11.6. The highest BCUT2D eigenvalue weighted by Crippen LogP contribution is 2.40. The Labute approximate surface area is 101 Å². The number of anilines is 1. The second-order valence-electron chi connectivity index (χ2n) is 4.95. The molecule has 90 valence electrons. The molecule has 1 aliphatic carbocycles. The number of hydrogen-bond donors (Lipinski definition) is 1. The maximum atomic E-state index is 5.02. The molecule has 0 aliphatic heterocycles. The number of aromatic nitrogens is 1. The molecular weight excluding hydrogens is 220 g/mol. The zero-order valence-corrected chi connectivity index (χ0v) is 11.1. The van der Waals surface area contributed by atoms with Crippen LogP contribution in [0.25, 0.3) is 0 Å². The largest absolute Gasteiger partial charge is 0.383 e. The van der Waals surface area contributed by atoms with Crippen molar-refractivity contribution in [1.29, 1.82) is 0 Å².